The predicted octanol–water partition coefficient (Wildman–Crippen LogP) is 3.93. The minimum absolute atomic E-state index is 0.161. The quantitative estimate of drug-likeness (QED) is 0.600. The highest BCUT2D eigenvalue weighted by Crippen LogP contribution is 2.36. The van der Waals surface area contributed by atoms with Gasteiger partial charge in [-0.1, -0.05) is 6.92 Å². The molecule has 0 spiro atoms. The second kappa shape index (κ2) is 5.33. The summed E-state index contributed by atoms with van der Waals surface area (Å²) in [5, 5.41) is 11.0. The fourth-order valence-corrected chi connectivity index (χ4v) is 3.29. The van der Waals surface area contributed by atoms with E-state index in [-0.39, 0.29) is 5.82 Å². The van der Waals surface area contributed by atoms with Gasteiger partial charge in [0.05, 0.1) is 17.9 Å². The normalized spacial score (nSPS) is 11.5. The zero-order valence-electron chi connectivity index (χ0n) is 13.8. The number of H-pyrrole nitrogens is 1. The standard InChI is InChI=1S/C18H18FN5/c1-4-12-16(13-7-21-23-18(13)10(2)17(12)19)11-5-6-15-22-14(20-3)9-24(15)8-11/h5-9,20H,4H2,1-3H3,(H,21,23). The van der Waals surface area contributed by atoms with E-state index in [1.54, 1.807) is 13.1 Å². The molecule has 0 saturated heterocycles. The van der Waals surface area contributed by atoms with Crippen LogP contribution in [0, 0.1) is 12.7 Å². The Morgan fingerprint density at radius 1 is 1.29 bits per heavy atom. The molecule has 0 amide bonds. The third-order valence-electron chi connectivity index (χ3n) is 4.53. The summed E-state index contributed by atoms with van der Waals surface area (Å²) >= 11 is 0. The van der Waals surface area contributed by atoms with Gasteiger partial charge in [-0.15, -0.1) is 0 Å². The third-order valence-corrected chi connectivity index (χ3v) is 4.53. The molecular formula is C18H18FN5. The van der Waals surface area contributed by atoms with Crippen LogP contribution in [0.3, 0.4) is 0 Å². The highest BCUT2D eigenvalue weighted by Gasteiger charge is 2.19. The van der Waals surface area contributed by atoms with Gasteiger partial charge in [0, 0.05) is 29.8 Å². The fourth-order valence-electron chi connectivity index (χ4n) is 3.29. The minimum atomic E-state index is -0.161. The highest BCUT2D eigenvalue weighted by molar-refractivity contribution is 5.98. The maximum atomic E-state index is 14.9. The summed E-state index contributed by atoms with van der Waals surface area (Å²) in [6, 6.07) is 3.93. The Labute approximate surface area is 138 Å². The van der Waals surface area contributed by atoms with Crippen molar-refractivity contribution >= 4 is 22.4 Å². The molecule has 0 bridgehead atoms. The van der Waals surface area contributed by atoms with Gasteiger partial charge in [-0.25, -0.2) is 9.37 Å². The van der Waals surface area contributed by atoms with Crippen molar-refractivity contribution in [2.45, 2.75) is 20.3 Å². The van der Waals surface area contributed by atoms with Gasteiger partial charge < -0.3 is 9.72 Å². The van der Waals surface area contributed by atoms with Crippen LogP contribution in [0.1, 0.15) is 18.1 Å². The van der Waals surface area contributed by atoms with Gasteiger partial charge in [0.25, 0.3) is 0 Å². The number of fused-ring (bicyclic) bond motifs is 2. The second-order valence-corrected chi connectivity index (χ2v) is 5.86. The number of aromatic nitrogens is 4. The van der Waals surface area contributed by atoms with Crippen LogP contribution in [0.5, 0.6) is 0 Å². The summed E-state index contributed by atoms with van der Waals surface area (Å²) in [7, 11) is 1.84. The topological polar surface area (TPSA) is 58.0 Å². The van der Waals surface area contributed by atoms with E-state index in [4.69, 9.17) is 0 Å². The predicted molar refractivity (Wildman–Crippen MR) is 93.9 cm³/mol. The number of hydrogen-bond donors (Lipinski definition) is 2. The number of benzene rings is 1. The molecule has 5 nitrogen and oxygen atoms in total. The van der Waals surface area contributed by atoms with Gasteiger partial charge >= 0.3 is 0 Å². The number of rotatable bonds is 3. The number of aromatic amines is 1. The maximum absolute atomic E-state index is 14.9. The van der Waals surface area contributed by atoms with E-state index in [0.717, 1.165) is 39.1 Å². The molecule has 0 aliphatic heterocycles. The van der Waals surface area contributed by atoms with Crippen molar-refractivity contribution in [3.05, 3.63) is 47.7 Å². The molecule has 3 aromatic heterocycles. The maximum Gasteiger partial charge on any atom is 0.145 e. The molecule has 0 fully saturated rings. The van der Waals surface area contributed by atoms with Crippen molar-refractivity contribution in [1.82, 2.24) is 19.6 Å². The molecule has 0 saturated carbocycles. The summed E-state index contributed by atoms with van der Waals surface area (Å²) in [5.74, 6) is 0.636. The Balaban J connectivity index is 2.05. The molecule has 0 aliphatic rings. The third kappa shape index (κ3) is 1.99. The molecule has 2 N–H and O–H groups in total. The van der Waals surface area contributed by atoms with Crippen LogP contribution in [0.4, 0.5) is 10.2 Å². The number of imidazole rings is 1. The van der Waals surface area contributed by atoms with Gasteiger partial charge in [0.1, 0.15) is 17.3 Å². The molecule has 0 unspecified atom stereocenters. The van der Waals surface area contributed by atoms with Crippen molar-refractivity contribution in [3.8, 4) is 11.1 Å². The number of aryl methyl sites for hydroxylation is 1. The lowest BCUT2D eigenvalue weighted by Gasteiger charge is -2.14. The first-order valence-electron chi connectivity index (χ1n) is 7.95. The zero-order valence-corrected chi connectivity index (χ0v) is 13.8. The van der Waals surface area contributed by atoms with Gasteiger partial charge in [-0.2, -0.15) is 5.10 Å². The molecule has 4 aromatic rings. The lowest BCUT2D eigenvalue weighted by molar-refractivity contribution is 0.606. The number of pyridine rings is 1. The van der Waals surface area contributed by atoms with Crippen LogP contribution < -0.4 is 5.32 Å². The lowest BCUT2D eigenvalue weighted by Crippen LogP contribution is -1.99. The Kier molecular flexibility index (Phi) is 3.26. The Morgan fingerprint density at radius 3 is 2.88 bits per heavy atom. The molecule has 1 aromatic carbocycles. The summed E-state index contributed by atoms with van der Waals surface area (Å²) in [6.45, 7) is 3.76. The van der Waals surface area contributed by atoms with E-state index in [1.165, 1.54) is 0 Å². The van der Waals surface area contributed by atoms with Crippen LogP contribution in [-0.4, -0.2) is 26.6 Å². The Hall–Kier alpha value is -2.89. The highest BCUT2D eigenvalue weighted by atomic mass is 19.1. The molecule has 0 atom stereocenters. The van der Waals surface area contributed by atoms with Gasteiger partial charge in [0.2, 0.25) is 0 Å². The molecular weight excluding hydrogens is 305 g/mol. The first-order valence-corrected chi connectivity index (χ1v) is 7.95. The minimum Gasteiger partial charge on any atom is -0.372 e. The summed E-state index contributed by atoms with van der Waals surface area (Å²) < 4.78 is 16.8. The van der Waals surface area contributed by atoms with Crippen molar-refractivity contribution in [3.63, 3.8) is 0 Å². The fraction of sp³-hybridized carbons (Fsp3) is 0.222. The number of nitrogens with zero attached hydrogens (tertiary/aromatic N) is 3. The number of hydrogen-bond acceptors (Lipinski definition) is 3. The first-order chi connectivity index (χ1) is 11.6. The lowest BCUT2D eigenvalue weighted by atomic mass is 9.93. The van der Waals surface area contributed by atoms with Crippen LogP contribution in [0.25, 0.3) is 27.7 Å². The molecule has 122 valence electrons. The van der Waals surface area contributed by atoms with Crippen LogP contribution >= 0.6 is 0 Å². The Bertz CT molecular complexity index is 1060. The molecule has 4 rings (SSSR count). The molecule has 0 aliphatic carbocycles. The summed E-state index contributed by atoms with van der Waals surface area (Å²) in [5.41, 5.74) is 4.77. The molecule has 3 heterocycles. The zero-order chi connectivity index (χ0) is 16.8. The summed E-state index contributed by atoms with van der Waals surface area (Å²) in [4.78, 5) is 4.45. The molecule has 24 heavy (non-hydrogen) atoms. The average Bonchev–Trinajstić information content (AvgIpc) is 3.23. The van der Waals surface area contributed by atoms with E-state index < -0.39 is 0 Å². The van der Waals surface area contributed by atoms with Crippen molar-refractivity contribution in [2.24, 2.45) is 0 Å². The van der Waals surface area contributed by atoms with E-state index in [1.807, 2.05) is 42.9 Å². The van der Waals surface area contributed by atoms with Crippen LogP contribution in [-0.2, 0) is 6.42 Å². The van der Waals surface area contributed by atoms with E-state index in [0.29, 0.717) is 12.0 Å². The number of halogens is 1. The van der Waals surface area contributed by atoms with Gasteiger partial charge in [-0.05, 0) is 36.6 Å². The van der Waals surface area contributed by atoms with E-state index >= 15 is 0 Å². The van der Waals surface area contributed by atoms with Gasteiger partial charge in [-0.3, -0.25) is 5.10 Å². The van der Waals surface area contributed by atoms with Crippen molar-refractivity contribution < 1.29 is 4.39 Å². The monoisotopic (exact) mass is 323 g/mol. The summed E-state index contributed by atoms with van der Waals surface area (Å²) in [6.07, 6.45) is 6.29. The smallest absolute Gasteiger partial charge is 0.145 e. The van der Waals surface area contributed by atoms with Crippen molar-refractivity contribution in [2.75, 3.05) is 12.4 Å². The van der Waals surface area contributed by atoms with E-state index in [2.05, 4.69) is 20.5 Å². The number of anilines is 1. The second-order valence-electron chi connectivity index (χ2n) is 5.86. The average molecular weight is 323 g/mol. The number of nitrogens with one attached hydrogen (secondary N) is 2. The Morgan fingerprint density at radius 2 is 2.12 bits per heavy atom. The van der Waals surface area contributed by atoms with Gasteiger partial charge in [0.15, 0.2) is 0 Å². The molecule has 0 radical (unpaired) electrons. The van der Waals surface area contributed by atoms with Crippen LogP contribution in [0.15, 0.2) is 30.7 Å². The van der Waals surface area contributed by atoms with E-state index in [9.17, 15) is 4.39 Å². The van der Waals surface area contributed by atoms with Crippen molar-refractivity contribution in [1.29, 1.82) is 0 Å². The first kappa shape index (κ1) is 14.7. The molecule has 6 heteroatoms. The largest absolute Gasteiger partial charge is 0.372 e. The van der Waals surface area contributed by atoms with Crippen LogP contribution in [0.2, 0.25) is 0 Å². The SMILES string of the molecule is CCc1c(F)c(C)c2[nH]ncc2c1-c1ccc2nc(NC)cn2c1.